The summed E-state index contributed by atoms with van der Waals surface area (Å²) in [6.07, 6.45) is 0. The highest BCUT2D eigenvalue weighted by Crippen LogP contribution is 2.46. The number of benzene rings is 3. The molecule has 3 heteroatoms. The van der Waals surface area contributed by atoms with E-state index in [4.69, 9.17) is 14.2 Å². The second kappa shape index (κ2) is 13.1. The van der Waals surface area contributed by atoms with E-state index < -0.39 is 0 Å². The molecule has 0 aliphatic rings. The van der Waals surface area contributed by atoms with Crippen LogP contribution in [0.1, 0.15) is 76.8 Å². The van der Waals surface area contributed by atoms with Gasteiger partial charge in [-0.15, -0.1) is 0 Å². The van der Waals surface area contributed by atoms with Gasteiger partial charge >= 0.3 is 0 Å². The van der Waals surface area contributed by atoms with Crippen LogP contribution in [-0.2, 0) is 0 Å². The van der Waals surface area contributed by atoms with Crippen LogP contribution < -0.4 is 14.2 Å². The lowest BCUT2D eigenvalue weighted by atomic mass is 9.74. The topological polar surface area (TPSA) is 27.7 Å². The Hall–Kier alpha value is -3.72. The third-order valence-electron chi connectivity index (χ3n) is 7.34. The summed E-state index contributed by atoms with van der Waals surface area (Å²) < 4.78 is 18.7. The largest absolute Gasteiger partial charge is 0.489 e. The van der Waals surface area contributed by atoms with E-state index in [2.05, 4.69) is 97.7 Å². The molecule has 3 aromatic carbocycles. The molecule has 0 heterocycles. The average Bonchev–Trinajstić information content (AvgIpc) is 2.86. The summed E-state index contributed by atoms with van der Waals surface area (Å²) in [7, 11) is 0. The SMILES string of the molecule is C=C(C)COc1ccc(C)c(C(c2c(C)ccc(OCC(=C)C)c2C)c2c(C)ccc(OCC(=C)C)c2C)c1C. The molecule has 0 fully saturated rings. The molecule has 0 N–H and O–H groups in total. The van der Waals surface area contributed by atoms with Crippen molar-refractivity contribution >= 4 is 0 Å². The molecule has 212 valence electrons. The molecule has 0 saturated heterocycles. The van der Waals surface area contributed by atoms with Gasteiger partial charge < -0.3 is 14.2 Å². The van der Waals surface area contributed by atoms with E-state index in [1.165, 1.54) is 33.4 Å². The number of hydrogen-bond acceptors (Lipinski definition) is 3. The molecule has 0 spiro atoms. The zero-order valence-corrected chi connectivity index (χ0v) is 26.0. The fourth-order valence-electron chi connectivity index (χ4n) is 5.37. The van der Waals surface area contributed by atoms with Gasteiger partial charge in [-0.3, -0.25) is 0 Å². The molecular weight excluding hydrogens is 492 g/mol. The maximum Gasteiger partial charge on any atom is 0.123 e. The van der Waals surface area contributed by atoms with Gasteiger partial charge in [0, 0.05) is 5.92 Å². The maximum absolute atomic E-state index is 6.25. The minimum Gasteiger partial charge on any atom is -0.489 e. The molecule has 3 rings (SSSR count). The van der Waals surface area contributed by atoms with E-state index in [0.29, 0.717) is 19.8 Å². The van der Waals surface area contributed by atoms with Crippen LogP contribution in [0.5, 0.6) is 17.2 Å². The monoisotopic (exact) mass is 538 g/mol. The van der Waals surface area contributed by atoms with Crippen LogP contribution in [0.4, 0.5) is 0 Å². The first-order valence-corrected chi connectivity index (χ1v) is 13.9. The van der Waals surface area contributed by atoms with Crippen LogP contribution in [0.2, 0.25) is 0 Å². The number of aryl methyl sites for hydroxylation is 3. The van der Waals surface area contributed by atoms with E-state index in [9.17, 15) is 0 Å². The minimum absolute atomic E-state index is 0.0601. The van der Waals surface area contributed by atoms with Gasteiger partial charge in [0.25, 0.3) is 0 Å². The van der Waals surface area contributed by atoms with Crippen molar-refractivity contribution in [2.75, 3.05) is 19.8 Å². The van der Waals surface area contributed by atoms with Crippen LogP contribution in [0.25, 0.3) is 0 Å². The standard InChI is InChI=1S/C37H46O3/c1-22(2)19-38-31-16-13-25(7)34(28(31)10)37(35-26(8)14-17-32(29(35)11)39-20-23(3)4)36-27(9)15-18-33(30(36)12)40-21-24(5)6/h13-18,37H,1,3,5,19-21H2,2,4,6-12H3. The van der Waals surface area contributed by atoms with E-state index in [0.717, 1.165) is 50.7 Å². The Labute approximate surface area is 242 Å². The number of hydrogen-bond donors (Lipinski definition) is 0. The van der Waals surface area contributed by atoms with Crippen molar-refractivity contribution in [2.45, 2.75) is 68.2 Å². The molecule has 0 radical (unpaired) electrons. The zero-order chi connectivity index (χ0) is 29.7. The lowest BCUT2D eigenvalue weighted by Gasteiger charge is -2.31. The normalized spacial score (nSPS) is 10.9. The molecule has 0 unspecified atom stereocenters. The van der Waals surface area contributed by atoms with Crippen molar-refractivity contribution in [1.29, 1.82) is 0 Å². The van der Waals surface area contributed by atoms with Gasteiger partial charge in [0.15, 0.2) is 0 Å². The van der Waals surface area contributed by atoms with Crippen LogP contribution in [0, 0.1) is 41.5 Å². The fourth-order valence-corrected chi connectivity index (χ4v) is 5.37. The molecule has 3 nitrogen and oxygen atoms in total. The van der Waals surface area contributed by atoms with Crippen molar-refractivity contribution in [2.24, 2.45) is 0 Å². The molecule has 0 atom stereocenters. The zero-order valence-electron chi connectivity index (χ0n) is 26.0. The Morgan fingerprint density at radius 3 is 0.975 bits per heavy atom. The molecule has 40 heavy (non-hydrogen) atoms. The second-order valence-corrected chi connectivity index (χ2v) is 11.4. The summed E-state index contributed by atoms with van der Waals surface area (Å²) in [5.74, 6) is 2.57. The Balaban J connectivity index is 2.39. The molecular formula is C37H46O3. The van der Waals surface area contributed by atoms with E-state index in [-0.39, 0.29) is 5.92 Å². The van der Waals surface area contributed by atoms with Gasteiger partial charge in [-0.05, 0) is 147 Å². The molecule has 0 saturated carbocycles. The molecule has 0 bridgehead atoms. The Morgan fingerprint density at radius 1 is 0.500 bits per heavy atom. The van der Waals surface area contributed by atoms with Gasteiger partial charge in [-0.2, -0.15) is 0 Å². The van der Waals surface area contributed by atoms with Gasteiger partial charge in [0.05, 0.1) is 0 Å². The van der Waals surface area contributed by atoms with Gasteiger partial charge in [-0.25, -0.2) is 0 Å². The lowest BCUT2D eigenvalue weighted by Crippen LogP contribution is -2.16. The third-order valence-corrected chi connectivity index (χ3v) is 7.34. The molecule has 0 aliphatic heterocycles. The third kappa shape index (κ3) is 6.88. The Kier molecular flexibility index (Phi) is 10.1. The summed E-state index contributed by atoms with van der Waals surface area (Å²) in [6.45, 7) is 32.6. The summed E-state index contributed by atoms with van der Waals surface area (Å²) >= 11 is 0. The summed E-state index contributed by atoms with van der Waals surface area (Å²) in [6, 6.07) is 12.7. The predicted molar refractivity (Wildman–Crippen MR) is 170 cm³/mol. The maximum atomic E-state index is 6.25. The smallest absolute Gasteiger partial charge is 0.123 e. The summed E-state index contributed by atoms with van der Waals surface area (Å²) in [4.78, 5) is 0. The second-order valence-electron chi connectivity index (χ2n) is 11.4. The Bertz CT molecular complexity index is 1270. The van der Waals surface area contributed by atoms with Gasteiger partial charge in [0.2, 0.25) is 0 Å². The molecule has 0 aliphatic carbocycles. The number of rotatable bonds is 12. The summed E-state index contributed by atoms with van der Waals surface area (Å²) in [5, 5.41) is 0. The molecule has 0 amide bonds. The van der Waals surface area contributed by atoms with Crippen molar-refractivity contribution in [3.63, 3.8) is 0 Å². The van der Waals surface area contributed by atoms with Crippen molar-refractivity contribution in [1.82, 2.24) is 0 Å². The van der Waals surface area contributed by atoms with Crippen molar-refractivity contribution in [3.05, 3.63) is 123 Å². The highest BCUT2D eigenvalue weighted by molar-refractivity contribution is 5.62. The van der Waals surface area contributed by atoms with Crippen LogP contribution in [0.3, 0.4) is 0 Å². The van der Waals surface area contributed by atoms with Crippen molar-refractivity contribution < 1.29 is 14.2 Å². The van der Waals surface area contributed by atoms with Gasteiger partial charge in [-0.1, -0.05) is 37.9 Å². The molecule has 0 aromatic heterocycles. The van der Waals surface area contributed by atoms with Crippen LogP contribution >= 0.6 is 0 Å². The van der Waals surface area contributed by atoms with E-state index in [1.807, 2.05) is 20.8 Å². The highest BCUT2D eigenvalue weighted by atomic mass is 16.5. The quantitative estimate of drug-likeness (QED) is 0.170. The fraction of sp³-hybridized carbons (Fsp3) is 0.351. The van der Waals surface area contributed by atoms with Crippen molar-refractivity contribution in [3.8, 4) is 17.2 Å². The predicted octanol–water partition coefficient (Wildman–Crippen LogP) is 9.58. The van der Waals surface area contributed by atoms with Gasteiger partial charge in [0.1, 0.15) is 37.1 Å². The minimum atomic E-state index is -0.0601. The molecule has 3 aromatic rings. The summed E-state index contributed by atoms with van der Waals surface area (Å²) in [5.41, 5.74) is 13.7. The average molecular weight is 539 g/mol. The highest BCUT2D eigenvalue weighted by Gasteiger charge is 2.30. The first kappa shape index (κ1) is 30.8. The lowest BCUT2D eigenvalue weighted by molar-refractivity contribution is 0.348. The van der Waals surface area contributed by atoms with E-state index in [1.54, 1.807) is 0 Å². The first-order valence-electron chi connectivity index (χ1n) is 13.9. The number of ether oxygens (including phenoxy) is 3. The van der Waals surface area contributed by atoms with E-state index >= 15 is 0 Å². The first-order chi connectivity index (χ1) is 18.8. The van der Waals surface area contributed by atoms with Crippen LogP contribution in [-0.4, -0.2) is 19.8 Å². The Morgan fingerprint density at radius 2 is 0.750 bits per heavy atom. The van der Waals surface area contributed by atoms with Crippen LogP contribution in [0.15, 0.2) is 72.9 Å².